The summed E-state index contributed by atoms with van der Waals surface area (Å²) in [6, 6.07) is 12.8. The predicted molar refractivity (Wildman–Crippen MR) is 104 cm³/mol. The number of methoxy groups -OCH3 is 1. The van der Waals surface area contributed by atoms with Crippen molar-refractivity contribution in [2.24, 2.45) is 0 Å². The Morgan fingerprint density at radius 1 is 1.07 bits per heavy atom. The van der Waals surface area contributed by atoms with Crippen LogP contribution in [0.4, 0.5) is 5.69 Å². The molecule has 2 aromatic rings. The number of ether oxygens (including phenoxy) is 2. The fourth-order valence-corrected chi connectivity index (χ4v) is 3.54. The van der Waals surface area contributed by atoms with Gasteiger partial charge in [0.15, 0.2) is 18.1 Å². The lowest BCUT2D eigenvalue weighted by Gasteiger charge is -2.13. The maximum absolute atomic E-state index is 12.2. The number of carbonyl (C=O) groups excluding carboxylic acids is 1. The third kappa shape index (κ3) is 5.97. The minimum Gasteiger partial charge on any atom is -0.493 e. The quantitative estimate of drug-likeness (QED) is 0.684. The second-order valence-corrected chi connectivity index (χ2v) is 7.66. The van der Waals surface area contributed by atoms with Gasteiger partial charge in [0.2, 0.25) is 10.0 Å². The summed E-state index contributed by atoms with van der Waals surface area (Å²) in [5.41, 5.74) is 0.478. The number of rotatable bonds is 9. The van der Waals surface area contributed by atoms with Crippen molar-refractivity contribution in [1.82, 2.24) is 4.72 Å². The van der Waals surface area contributed by atoms with E-state index in [0.717, 1.165) is 0 Å². The lowest BCUT2D eigenvalue weighted by molar-refractivity contribution is -0.118. The van der Waals surface area contributed by atoms with Gasteiger partial charge in [0.25, 0.3) is 5.91 Å². The van der Waals surface area contributed by atoms with E-state index >= 15 is 0 Å². The first-order valence-electron chi connectivity index (χ1n) is 8.53. The van der Waals surface area contributed by atoms with E-state index in [2.05, 4.69) is 10.0 Å². The Bertz CT molecular complexity index is 866. The first kappa shape index (κ1) is 20.7. The van der Waals surface area contributed by atoms with Gasteiger partial charge in [-0.2, -0.15) is 0 Å². The fraction of sp³-hybridized carbons (Fsp3) is 0.316. The number of hydrogen-bond acceptors (Lipinski definition) is 5. The molecule has 1 amide bonds. The zero-order valence-corrected chi connectivity index (χ0v) is 16.4. The van der Waals surface area contributed by atoms with Crippen molar-refractivity contribution in [3.63, 3.8) is 0 Å². The molecular weight excluding hydrogens is 368 g/mol. The van der Waals surface area contributed by atoms with Gasteiger partial charge in [0.1, 0.15) is 0 Å². The monoisotopic (exact) mass is 392 g/mol. The Morgan fingerprint density at radius 2 is 1.70 bits per heavy atom. The molecule has 27 heavy (non-hydrogen) atoms. The highest BCUT2D eigenvalue weighted by Crippen LogP contribution is 2.25. The Morgan fingerprint density at radius 3 is 2.30 bits per heavy atom. The summed E-state index contributed by atoms with van der Waals surface area (Å²) in [7, 11) is -2.05. The second-order valence-electron chi connectivity index (χ2n) is 5.94. The normalized spacial score (nSPS) is 12.3. The molecule has 0 saturated carbocycles. The molecule has 0 aliphatic heterocycles. The van der Waals surface area contributed by atoms with Crippen LogP contribution in [0.25, 0.3) is 0 Å². The van der Waals surface area contributed by atoms with Crippen molar-refractivity contribution < 1.29 is 22.7 Å². The van der Waals surface area contributed by atoms with E-state index in [0.29, 0.717) is 23.6 Å². The van der Waals surface area contributed by atoms with Crippen molar-refractivity contribution in [2.75, 3.05) is 19.0 Å². The number of benzene rings is 2. The highest BCUT2D eigenvalue weighted by molar-refractivity contribution is 7.89. The minimum absolute atomic E-state index is 0.145. The SMILES string of the molecule is CCC(C)NS(=O)(=O)c1ccc(NC(=O)COc2ccccc2OC)cc1. The van der Waals surface area contributed by atoms with Crippen LogP contribution >= 0.6 is 0 Å². The third-order valence-corrected chi connectivity index (χ3v) is 5.45. The van der Waals surface area contributed by atoms with Crippen LogP contribution < -0.4 is 19.5 Å². The summed E-state index contributed by atoms with van der Waals surface area (Å²) in [5, 5.41) is 2.66. The van der Waals surface area contributed by atoms with E-state index < -0.39 is 10.0 Å². The van der Waals surface area contributed by atoms with Gasteiger partial charge in [-0.25, -0.2) is 13.1 Å². The zero-order valence-electron chi connectivity index (χ0n) is 15.6. The third-order valence-electron chi connectivity index (χ3n) is 3.84. The van der Waals surface area contributed by atoms with Crippen molar-refractivity contribution in [2.45, 2.75) is 31.2 Å². The van der Waals surface area contributed by atoms with Gasteiger partial charge in [-0.05, 0) is 49.7 Å². The van der Waals surface area contributed by atoms with E-state index in [9.17, 15) is 13.2 Å². The topological polar surface area (TPSA) is 93.7 Å². The summed E-state index contributed by atoms with van der Waals surface area (Å²) >= 11 is 0. The van der Waals surface area contributed by atoms with Crippen LogP contribution in [0.1, 0.15) is 20.3 Å². The average molecular weight is 392 g/mol. The van der Waals surface area contributed by atoms with Crippen LogP contribution in [0.15, 0.2) is 53.4 Å². The summed E-state index contributed by atoms with van der Waals surface area (Å²) in [6.07, 6.45) is 0.694. The van der Waals surface area contributed by atoms with Crippen molar-refractivity contribution in [3.8, 4) is 11.5 Å². The molecule has 2 N–H and O–H groups in total. The molecule has 146 valence electrons. The highest BCUT2D eigenvalue weighted by atomic mass is 32.2. The summed E-state index contributed by atoms with van der Waals surface area (Å²) in [4.78, 5) is 12.2. The number of sulfonamides is 1. The maximum Gasteiger partial charge on any atom is 0.262 e. The van der Waals surface area contributed by atoms with E-state index in [1.54, 1.807) is 31.2 Å². The van der Waals surface area contributed by atoms with Crippen molar-refractivity contribution in [3.05, 3.63) is 48.5 Å². The van der Waals surface area contributed by atoms with Crippen molar-refractivity contribution >= 4 is 21.6 Å². The number of nitrogens with one attached hydrogen (secondary N) is 2. The molecule has 8 heteroatoms. The summed E-state index contributed by atoms with van der Waals surface area (Å²) in [5.74, 6) is 0.635. The lowest BCUT2D eigenvalue weighted by atomic mass is 10.3. The summed E-state index contributed by atoms with van der Waals surface area (Å²) < 4.78 is 37.6. The van der Waals surface area contributed by atoms with Crippen LogP contribution in [0.2, 0.25) is 0 Å². The first-order valence-corrected chi connectivity index (χ1v) is 10.0. The highest BCUT2D eigenvalue weighted by Gasteiger charge is 2.16. The molecule has 2 aromatic carbocycles. The Labute approximate surface area is 159 Å². The predicted octanol–water partition coefficient (Wildman–Crippen LogP) is 2.79. The molecule has 1 unspecified atom stereocenters. The van der Waals surface area contributed by atoms with Gasteiger partial charge in [0, 0.05) is 11.7 Å². The van der Waals surface area contributed by atoms with E-state index in [1.165, 1.54) is 31.4 Å². The Hall–Kier alpha value is -2.58. The molecule has 0 saturated heterocycles. The molecule has 0 aliphatic carbocycles. The molecule has 0 fully saturated rings. The number of carbonyl (C=O) groups is 1. The number of hydrogen-bond donors (Lipinski definition) is 2. The fourth-order valence-electron chi connectivity index (χ4n) is 2.21. The molecule has 0 spiro atoms. The molecule has 0 bridgehead atoms. The summed E-state index contributed by atoms with van der Waals surface area (Å²) in [6.45, 7) is 3.50. The van der Waals surface area contributed by atoms with E-state index in [4.69, 9.17) is 9.47 Å². The minimum atomic E-state index is -3.57. The van der Waals surface area contributed by atoms with Gasteiger partial charge < -0.3 is 14.8 Å². The standard InChI is InChI=1S/C19H24N2O5S/c1-4-14(2)21-27(23,24)16-11-9-15(10-12-16)20-19(22)13-26-18-8-6-5-7-17(18)25-3/h5-12,14,21H,4,13H2,1-3H3,(H,20,22). The molecule has 0 aromatic heterocycles. The van der Waals surface area contributed by atoms with E-state index in [1.807, 2.05) is 6.92 Å². The van der Waals surface area contributed by atoms with E-state index in [-0.39, 0.29) is 23.5 Å². The first-order chi connectivity index (χ1) is 12.9. The number of anilines is 1. The molecule has 0 radical (unpaired) electrons. The molecule has 1 atom stereocenters. The molecule has 7 nitrogen and oxygen atoms in total. The smallest absolute Gasteiger partial charge is 0.262 e. The van der Waals surface area contributed by atoms with Crippen LogP contribution in [0.5, 0.6) is 11.5 Å². The maximum atomic E-state index is 12.2. The van der Waals surface area contributed by atoms with Crippen molar-refractivity contribution in [1.29, 1.82) is 0 Å². The van der Waals surface area contributed by atoms with Gasteiger partial charge in [-0.3, -0.25) is 4.79 Å². The lowest BCUT2D eigenvalue weighted by Crippen LogP contribution is -2.32. The largest absolute Gasteiger partial charge is 0.493 e. The van der Waals surface area contributed by atoms with Crippen LogP contribution in [0.3, 0.4) is 0 Å². The number of amides is 1. The Kier molecular flexibility index (Phi) is 7.20. The average Bonchev–Trinajstić information content (AvgIpc) is 2.66. The molecular formula is C19H24N2O5S. The molecule has 2 rings (SSSR count). The van der Waals surface area contributed by atoms with Crippen LogP contribution in [-0.4, -0.2) is 34.1 Å². The van der Waals surface area contributed by atoms with Crippen LogP contribution in [0, 0.1) is 0 Å². The Balaban J connectivity index is 1.95. The van der Waals surface area contributed by atoms with Crippen LogP contribution in [-0.2, 0) is 14.8 Å². The zero-order chi connectivity index (χ0) is 19.9. The molecule has 0 aliphatic rings. The number of para-hydroxylation sites is 2. The van der Waals surface area contributed by atoms with Gasteiger partial charge in [0.05, 0.1) is 12.0 Å². The van der Waals surface area contributed by atoms with Gasteiger partial charge >= 0.3 is 0 Å². The second kappa shape index (κ2) is 9.38. The molecule has 0 heterocycles. The van der Waals surface area contributed by atoms with Gasteiger partial charge in [-0.1, -0.05) is 19.1 Å². The van der Waals surface area contributed by atoms with Gasteiger partial charge in [-0.15, -0.1) is 0 Å².